The van der Waals surface area contributed by atoms with Crippen LogP contribution in [-0.2, 0) is 22.7 Å². The number of rotatable bonds is 5. The Morgan fingerprint density at radius 3 is 2.79 bits per heavy atom. The predicted octanol–water partition coefficient (Wildman–Crippen LogP) is 2.59. The Bertz CT molecular complexity index is 688. The van der Waals surface area contributed by atoms with Gasteiger partial charge in [0, 0.05) is 30.2 Å². The molecule has 0 aliphatic carbocycles. The van der Waals surface area contributed by atoms with Crippen molar-refractivity contribution in [1.82, 2.24) is 15.2 Å². The van der Waals surface area contributed by atoms with Crippen molar-refractivity contribution < 1.29 is 9.59 Å². The van der Waals surface area contributed by atoms with Crippen LogP contribution in [0.1, 0.15) is 30.2 Å². The van der Waals surface area contributed by atoms with Crippen LogP contribution >= 0.6 is 11.3 Å². The molecule has 1 aliphatic rings. The number of hydrogen-bond acceptors (Lipinski definition) is 4. The van der Waals surface area contributed by atoms with E-state index in [1.807, 2.05) is 41.5 Å². The summed E-state index contributed by atoms with van der Waals surface area (Å²) < 4.78 is 0. The van der Waals surface area contributed by atoms with Gasteiger partial charge in [0.25, 0.3) is 0 Å². The fourth-order valence-electron chi connectivity index (χ4n) is 3.01. The molecule has 3 rings (SSSR count). The molecule has 1 aliphatic heterocycles. The van der Waals surface area contributed by atoms with E-state index in [1.54, 1.807) is 23.7 Å². The van der Waals surface area contributed by atoms with Crippen LogP contribution in [0.5, 0.6) is 0 Å². The maximum absolute atomic E-state index is 13.0. The molecule has 1 N–H and O–H groups in total. The van der Waals surface area contributed by atoms with Crippen LogP contribution in [0.3, 0.4) is 0 Å². The van der Waals surface area contributed by atoms with Gasteiger partial charge in [-0.3, -0.25) is 14.6 Å². The third-order valence-corrected chi connectivity index (χ3v) is 5.03. The summed E-state index contributed by atoms with van der Waals surface area (Å²) in [6.45, 7) is 3.09. The molecular weight excluding hydrogens is 322 g/mol. The Balaban J connectivity index is 1.77. The fraction of sp³-hybridized carbons (Fsp3) is 0.389. The molecule has 126 valence electrons. The Hall–Kier alpha value is -2.21. The smallest absolute Gasteiger partial charge is 0.245 e. The van der Waals surface area contributed by atoms with Gasteiger partial charge in [0.05, 0.1) is 6.54 Å². The monoisotopic (exact) mass is 343 g/mol. The maximum Gasteiger partial charge on any atom is 0.245 e. The Morgan fingerprint density at radius 1 is 1.33 bits per heavy atom. The first-order valence-corrected chi connectivity index (χ1v) is 8.99. The highest BCUT2D eigenvalue weighted by Crippen LogP contribution is 2.21. The molecule has 0 saturated carbocycles. The third kappa shape index (κ3) is 4.20. The van der Waals surface area contributed by atoms with Crippen molar-refractivity contribution in [2.24, 2.45) is 5.92 Å². The van der Waals surface area contributed by atoms with E-state index in [0.29, 0.717) is 25.9 Å². The minimum absolute atomic E-state index is 0.0138. The zero-order valence-electron chi connectivity index (χ0n) is 13.6. The van der Waals surface area contributed by atoms with E-state index in [-0.39, 0.29) is 17.7 Å². The number of pyridine rings is 1. The predicted molar refractivity (Wildman–Crippen MR) is 93.1 cm³/mol. The quantitative estimate of drug-likeness (QED) is 0.908. The van der Waals surface area contributed by atoms with Gasteiger partial charge in [0.1, 0.15) is 6.04 Å². The van der Waals surface area contributed by atoms with E-state index < -0.39 is 6.04 Å². The number of piperidine rings is 1. The first-order chi connectivity index (χ1) is 11.6. The van der Waals surface area contributed by atoms with E-state index in [4.69, 9.17) is 0 Å². The second-order valence-electron chi connectivity index (χ2n) is 6.29. The molecule has 5 nitrogen and oxygen atoms in total. The number of nitrogens with zero attached hydrogens (tertiary/aromatic N) is 2. The summed E-state index contributed by atoms with van der Waals surface area (Å²) in [6.07, 6.45) is 4.65. The lowest BCUT2D eigenvalue weighted by atomic mass is 9.93. The highest BCUT2D eigenvalue weighted by atomic mass is 32.1. The topological polar surface area (TPSA) is 62.3 Å². The van der Waals surface area contributed by atoms with E-state index in [9.17, 15) is 9.59 Å². The number of thiophene rings is 1. The maximum atomic E-state index is 13.0. The first-order valence-electron chi connectivity index (χ1n) is 8.11. The lowest BCUT2D eigenvalue weighted by Crippen LogP contribution is -2.51. The van der Waals surface area contributed by atoms with Crippen LogP contribution in [0, 0.1) is 5.92 Å². The number of aromatic nitrogens is 1. The van der Waals surface area contributed by atoms with Gasteiger partial charge in [-0.1, -0.05) is 13.0 Å². The van der Waals surface area contributed by atoms with Gasteiger partial charge in [-0.2, -0.15) is 0 Å². The zero-order valence-corrected chi connectivity index (χ0v) is 14.5. The Morgan fingerprint density at radius 2 is 2.12 bits per heavy atom. The normalized spacial score (nSPS) is 20.5. The average molecular weight is 343 g/mol. The van der Waals surface area contributed by atoms with Crippen molar-refractivity contribution in [3.8, 4) is 0 Å². The van der Waals surface area contributed by atoms with Crippen LogP contribution in [0.25, 0.3) is 0 Å². The molecule has 6 heteroatoms. The summed E-state index contributed by atoms with van der Waals surface area (Å²) in [5.41, 5.74) is 1.03. The van der Waals surface area contributed by atoms with Crippen molar-refractivity contribution in [3.63, 3.8) is 0 Å². The number of carbonyl (C=O) groups is 2. The van der Waals surface area contributed by atoms with Crippen molar-refractivity contribution in [2.45, 2.75) is 38.9 Å². The summed E-state index contributed by atoms with van der Waals surface area (Å²) in [5, 5.41) is 4.86. The van der Waals surface area contributed by atoms with Crippen LogP contribution in [0.15, 0.2) is 42.0 Å². The molecule has 24 heavy (non-hydrogen) atoms. The summed E-state index contributed by atoms with van der Waals surface area (Å²) in [4.78, 5) is 31.8. The van der Waals surface area contributed by atoms with E-state index in [2.05, 4.69) is 10.3 Å². The number of nitrogens with one attached hydrogen (secondary N) is 1. The fourth-order valence-corrected chi connectivity index (χ4v) is 3.73. The Kier molecular flexibility index (Phi) is 5.25. The first kappa shape index (κ1) is 16.6. The minimum atomic E-state index is -0.428. The molecule has 2 aromatic heterocycles. The molecule has 2 amide bonds. The van der Waals surface area contributed by atoms with Crippen LogP contribution in [-0.4, -0.2) is 27.7 Å². The number of hydrogen-bond donors (Lipinski definition) is 1. The molecule has 0 unspecified atom stereocenters. The third-order valence-electron chi connectivity index (χ3n) is 4.17. The molecule has 2 atom stereocenters. The van der Waals surface area contributed by atoms with Crippen LogP contribution in [0.4, 0.5) is 0 Å². The standard InChI is InChI=1S/C18H21N3O2S/c1-13-9-16(20-17(22)10-13)18(23)21(12-15-3-2-8-24-15)11-14-4-6-19-7-5-14/h2-8,13,16H,9-12H2,1H3,(H,20,22)/t13-,16-/m0/s1. The summed E-state index contributed by atoms with van der Waals surface area (Å²) in [7, 11) is 0. The molecule has 3 heterocycles. The van der Waals surface area contributed by atoms with Gasteiger partial charge < -0.3 is 10.2 Å². The van der Waals surface area contributed by atoms with Crippen molar-refractivity contribution in [1.29, 1.82) is 0 Å². The Labute approximate surface area is 145 Å². The van der Waals surface area contributed by atoms with Crippen molar-refractivity contribution in [2.75, 3.05) is 0 Å². The van der Waals surface area contributed by atoms with E-state index >= 15 is 0 Å². The SMILES string of the molecule is C[C@@H]1CC(=O)N[C@H](C(=O)N(Cc2ccncc2)Cc2cccs2)C1. The summed E-state index contributed by atoms with van der Waals surface area (Å²) in [6, 6.07) is 7.41. The number of amides is 2. The van der Waals surface area contributed by atoms with Crippen LogP contribution in [0.2, 0.25) is 0 Å². The zero-order chi connectivity index (χ0) is 16.9. The average Bonchev–Trinajstić information content (AvgIpc) is 3.07. The molecule has 2 aromatic rings. The molecule has 0 spiro atoms. The van der Waals surface area contributed by atoms with Gasteiger partial charge in [0.2, 0.25) is 11.8 Å². The molecule has 1 saturated heterocycles. The molecule has 0 radical (unpaired) electrons. The van der Waals surface area contributed by atoms with Gasteiger partial charge in [-0.05, 0) is 41.5 Å². The van der Waals surface area contributed by atoms with Crippen molar-refractivity contribution >= 4 is 23.2 Å². The largest absolute Gasteiger partial charge is 0.344 e. The number of carbonyl (C=O) groups excluding carboxylic acids is 2. The highest BCUT2D eigenvalue weighted by Gasteiger charge is 2.32. The molecular formula is C18H21N3O2S. The summed E-state index contributed by atoms with van der Waals surface area (Å²) >= 11 is 1.63. The lowest BCUT2D eigenvalue weighted by Gasteiger charge is -2.32. The van der Waals surface area contributed by atoms with E-state index in [0.717, 1.165) is 10.4 Å². The summed E-state index contributed by atoms with van der Waals surface area (Å²) in [5.74, 6) is 0.185. The van der Waals surface area contributed by atoms with E-state index in [1.165, 1.54) is 0 Å². The van der Waals surface area contributed by atoms with Gasteiger partial charge in [0.15, 0.2) is 0 Å². The molecule has 0 bridgehead atoms. The van der Waals surface area contributed by atoms with Crippen LogP contribution < -0.4 is 5.32 Å². The molecule has 0 aromatic carbocycles. The molecule has 1 fully saturated rings. The minimum Gasteiger partial charge on any atom is -0.344 e. The van der Waals surface area contributed by atoms with Crippen molar-refractivity contribution in [3.05, 3.63) is 52.5 Å². The highest BCUT2D eigenvalue weighted by molar-refractivity contribution is 7.09. The second kappa shape index (κ2) is 7.57. The van der Waals surface area contributed by atoms with Gasteiger partial charge >= 0.3 is 0 Å². The lowest BCUT2D eigenvalue weighted by molar-refractivity contribution is -0.140. The second-order valence-corrected chi connectivity index (χ2v) is 7.33. The van der Waals surface area contributed by atoms with Gasteiger partial charge in [-0.15, -0.1) is 11.3 Å². The van der Waals surface area contributed by atoms with Gasteiger partial charge in [-0.25, -0.2) is 0 Å².